The summed E-state index contributed by atoms with van der Waals surface area (Å²) in [4.78, 5) is 11.2. The number of halogens is 6. The lowest BCUT2D eigenvalue weighted by molar-refractivity contribution is -0.165. The molecule has 0 radical (unpaired) electrons. The van der Waals surface area contributed by atoms with Crippen molar-refractivity contribution in [2.24, 2.45) is 0 Å². The molecule has 0 aromatic rings. The van der Waals surface area contributed by atoms with Crippen LogP contribution in [0.1, 0.15) is 6.92 Å². The summed E-state index contributed by atoms with van der Waals surface area (Å²) in [5.41, 5.74) is 0. The molecule has 120 valence electrons. The Balaban J connectivity index is 4.75. The summed E-state index contributed by atoms with van der Waals surface area (Å²) < 4.78 is 91.1. The molecule has 12 heteroatoms. The van der Waals surface area contributed by atoms with Crippen molar-refractivity contribution in [3.63, 3.8) is 0 Å². The van der Waals surface area contributed by atoms with Gasteiger partial charge in [0.15, 0.2) is 13.2 Å². The zero-order chi connectivity index (χ0) is 16.0. The van der Waals surface area contributed by atoms with Crippen LogP contribution in [0, 0.1) is 0 Å². The van der Waals surface area contributed by atoms with Gasteiger partial charge in [0.25, 0.3) is 0 Å². The van der Waals surface area contributed by atoms with Crippen molar-refractivity contribution in [3.8, 4) is 0 Å². The van der Waals surface area contributed by atoms with Crippen molar-refractivity contribution in [3.05, 3.63) is 0 Å². The first-order valence-corrected chi connectivity index (χ1v) is 7.75. The van der Waals surface area contributed by atoms with E-state index in [9.17, 15) is 35.7 Å². The number of alkyl halides is 6. The molecule has 0 N–H and O–H groups in total. The van der Waals surface area contributed by atoms with Gasteiger partial charge in [0.05, 0.1) is 0 Å². The predicted octanol–water partition coefficient (Wildman–Crippen LogP) is 3.62. The highest BCUT2D eigenvalue weighted by atomic mass is 32.2. The molecule has 0 rings (SSSR count). The average molecular weight is 348 g/mol. The number of hydrogen-bond donors (Lipinski definition) is 0. The maximum Gasteiger partial charge on any atom is 0.412 e. The molecule has 0 aliphatic carbocycles. The molecule has 0 unspecified atom stereocenters. The summed E-state index contributed by atoms with van der Waals surface area (Å²) in [6.07, 6.45) is -11.0. The van der Waals surface area contributed by atoms with Crippen LogP contribution in [-0.4, -0.2) is 42.6 Å². The standard InChI is InChI=1S/C8H11F6O4PS/c1-2-20-6(15)3-19(16,17-4-7(9,10)11)18-5-8(12,13)14/h2-5H2,1H3. The summed E-state index contributed by atoms with van der Waals surface area (Å²) in [5.74, 6) is 0.220. The Hall–Kier alpha value is -0.250. The highest BCUT2D eigenvalue weighted by Crippen LogP contribution is 2.50. The normalized spacial score (nSPS) is 13.6. The third kappa shape index (κ3) is 10.5. The lowest BCUT2D eigenvalue weighted by Crippen LogP contribution is -2.21. The molecule has 0 bridgehead atoms. The molecule has 0 saturated heterocycles. The number of thioether (sulfide) groups is 1. The number of rotatable bonds is 7. The van der Waals surface area contributed by atoms with Crippen LogP contribution in [0.15, 0.2) is 0 Å². The van der Waals surface area contributed by atoms with Gasteiger partial charge in [-0.1, -0.05) is 18.7 Å². The first-order chi connectivity index (χ1) is 8.87. The molecule has 0 saturated carbocycles. The number of carbonyl (C=O) groups excluding carboxylic acids is 1. The monoisotopic (exact) mass is 348 g/mol. The van der Waals surface area contributed by atoms with E-state index < -0.39 is 44.4 Å². The molecule has 20 heavy (non-hydrogen) atoms. The van der Waals surface area contributed by atoms with Crippen LogP contribution in [0.25, 0.3) is 0 Å². The Bertz CT molecular complexity index is 347. The first-order valence-electron chi connectivity index (χ1n) is 5.04. The molecule has 0 atom stereocenters. The number of carbonyl (C=O) groups is 1. The Morgan fingerprint density at radius 3 is 1.75 bits per heavy atom. The van der Waals surface area contributed by atoms with Gasteiger partial charge in [-0.15, -0.1) is 0 Å². The second kappa shape index (κ2) is 7.67. The molecule has 0 fully saturated rings. The second-order valence-corrected chi connectivity index (χ2v) is 6.73. The molecular weight excluding hydrogens is 337 g/mol. The van der Waals surface area contributed by atoms with Crippen LogP contribution >= 0.6 is 19.4 Å². The van der Waals surface area contributed by atoms with E-state index >= 15 is 0 Å². The van der Waals surface area contributed by atoms with Crippen LogP contribution in [0.4, 0.5) is 26.3 Å². The summed E-state index contributed by atoms with van der Waals surface area (Å²) >= 11 is 0.591. The second-order valence-electron chi connectivity index (χ2n) is 3.35. The quantitative estimate of drug-likeness (QED) is 0.520. The smallest absolute Gasteiger partial charge is 0.299 e. The highest BCUT2D eigenvalue weighted by molar-refractivity contribution is 8.14. The summed E-state index contributed by atoms with van der Waals surface area (Å²) in [6, 6.07) is 0. The summed E-state index contributed by atoms with van der Waals surface area (Å²) in [7, 11) is -4.81. The van der Waals surface area contributed by atoms with Gasteiger partial charge in [-0.05, 0) is 5.75 Å². The van der Waals surface area contributed by atoms with Gasteiger partial charge in [-0.2, -0.15) is 26.3 Å². The summed E-state index contributed by atoms with van der Waals surface area (Å²) in [5, 5.41) is -0.875. The van der Waals surface area contributed by atoms with E-state index in [1.54, 1.807) is 0 Å². The van der Waals surface area contributed by atoms with Gasteiger partial charge in [-0.25, -0.2) is 0 Å². The maximum atomic E-state index is 11.9. The zero-order valence-corrected chi connectivity index (χ0v) is 11.8. The molecule has 0 heterocycles. The van der Waals surface area contributed by atoms with Crippen LogP contribution in [-0.2, 0) is 18.4 Å². The number of hydrogen-bond acceptors (Lipinski definition) is 5. The Kier molecular flexibility index (Phi) is 7.58. The van der Waals surface area contributed by atoms with Crippen molar-refractivity contribution in [2.45, 2.75) is 19.3 Å². The molecule has 0 aromatic heterocycles. The zero-order valence-electron chi connectivity index (χ0n) is 10.1. The van der Waals surface area contributed by atoms with Crippen LogP contribution < -0.4 is 0 Å². The molecular formula is C8H11F6O4PS. The minimum Gasteiger partial charge on any atom is -0.299 e. The van der Waals surface area contributed by atoms with Crippen LogP contribution in [0.2, 0.25) is 0 Å². The Labute approximate surface area is 114 Å². The van der Waals surface area contributed by atoms with Crippen molar-refractivity contribution in [2.75, 3.05) is 25.1 Å². The third-order valence-electron chi connectivity index (χ3n) is 1.48. The van der Waals surface area contributed by atoms with E-state index in [-0.39, 0.29) is 5.75 Å². The largest absolute Gasteiger partial charge is 0.412 e. The first kappa shape index (κ1) is 19.8. The van der Waals surface area contributed by atoms with E-state index in [1.165, 1.54) is 6.92 Å². The van der Waals surface area contributed by atoms with Gasteiger partial charge in [0.1, 0.15) is 6.16 Å². The average Bonchev–Trinajstić information content (AvgIpc) is 2.22. The van der Waals surface area contributed by atoms with Crippen molar-refractivity contribution >= 4 is 24.5 Å². The van der Waals surface area contributed by atoms with Gasteiger partial charge < -0.3 is 0 Å². The topological polar surface area (TPSA) is 52.6 Å². The van der Waals surface area contributed by atoms with E-state index in [2.05, 4.69) is 9.05 Å². The molecule has 0 aromatic carbocycles. The van der Waals surface area contributed by atoms with Gasteiger partial charge in [-0.3, -0.25) is 18.4 Å². The summed E-state index contributed by atoms with van der Waals surface area (Å²) in [6.45, 7) is -2.60. The van der Waals surface area contributed by atoms with E-state index in [0.717, 1.165) is 0 Å². The molecule has 0 aliphatic rings. The maximum absolute atomic E-state index is 11.9. The van der Waals surface area contributed by atoms with Crippen molar-refractivity contribution < 1.29 is 44.7 Å². The van der Waals surface area contributed by atoms with Gasteiger partial charge in [0, 0.05) is 0 Å². The van der Waals surface area contributed by atoms with E-state index in [4.69, 9.17) is 0 Å². The fraction of sp³-hybridized carbons (Fsp3) is 0.875. The lowest BCUT2D eigenvalue weighted by atomic mass is 10.7. The fourth-order valence-electron chi connectivity index (χ4n) is 0.836. The van der Waals surface area contributed by atoms with E-state index in [0.29, 0.717) is 11.8 Å². The minimum atomic E-state index is -4.90. The SMILES string of the molecule is CCSC(=O)CP(=O)(OCC(F)(F)F)OCC(F)(F)F. The van der Waals surface area contributed by atoms with Gasteiger partial charge in [0.2, 0.25) is 5.12 Å². The Morgan fingerprint density at radius 1 is 1.05 bits per heavy atom. The minimum absolute atomic E-state index is 0.220. The van der Waals surface area contributed by atoms with Crippen molar-refractivity contribution in [1.29, 1.82) is 0 Å². The predicted molar refractivity (Wildman–Crippen MR) is 59.6 cm³/mol. The van der Waals surface area contributed by atoms with Gasteiger partial charge >= 0.3 is 19.9 Å². The van der Waals surface area contributed by atoms with Crippen molar-refractivity contribution in [1.82, 2.24) is 0 Å². The lowest BCUT2D eigenvalue weighted by Gasteiger charge is -2.19. The van der Waals surface area contributed by atoms with E-state index in [1.807, 2.05) is 0 Å². The van der Waals surface area contributed by atoms with Crippen LogP contribution in [0.5, 0.6) is 0 Å². The fourth-order valence-corrected chi connectivity index (χ4v) is 3.26. The highest BCUT2D eigenvalue weighted by Gasteiger charge is 2.39. The molecule has 0 amide bonds. The molecule has 0 aliphatic heterocycles. The third-order valence-corrected chi connectivity index (χ3v) is 4.17. The molecule has 4 nitrogen and oxygen atoms in total. The Morgan fingerprint density at radius 2 is 1.45 bits per heavy atom. The molecule has 0 spiro atoms. The van der Waals surface area contributed by atoms with Crippen LogP contribution in [0.3, 0.4) is 0 Å².